The highest BCUT2D eigenvalue weighted by molar-refractivity contribution is 7.29. The molecule has 36 heavy (non-hydrogen) atoms. The maximum Gasteiger partial charge on any atom is 0.323 e. The molecule has 0 radical (unpaired) electrons. The number of ether oxygens (including phenoxy) is 2. The lowest BCUT2D eigenvalue weighted by molar-refractivity contribution is -0.148. The van der Waals surface area contributed by atoms with E-state index in [-0.39, 0.29) is 27.1 Å². The lowest BCUT2D eigenvalue weighted by atomic mass is 10.1. The number of fused-ring (bicyclic) bond motifs is 1. The summed E-state index contributed by atoms with van der Waals surface area (Å²) in [6.07, 6.45) is 1.54. The summed E-state index contributed by atoms with van der Waals surface area (Å²) >= 11 is 0. The minimum atomic E-state index is -0.414. The number of esters is 1. The summed E-state index contributed by atoms with van der Waals surface area (Å²) in [5.74, 6) is 1.07. The van der Waals surface area contributed by atoms with Crippen molar-refractivity contribution in [2.75, 3.05) is 35.8 Å². The monoisotopic (exact) mass is 519 g/mol. The van der Waals surface area contributed by atoms with Crippen molar-refractivity contribution in [1.82, 2.24) is 15.1 Å². The molecular formula is C24H38N7O4P. The summed E-state index contributed by atoms with van der Waals surface area (Å²) in [6, 6.07) is 9.34. The number of aromatic nitrogens is 2. The second-order valence-electron chi connectivity index (χ2n) is 8.37. The third kappa shape index (κ3) is 9.56. The van der Waals surface area contributed by atoms with Gasteiger partial charge >= 0.3 is 5.97 Å². The molecule has 11 nitrogen and oxygen atoms in total. The van der Waals surface area contributed by atoms with E-state index >= 15 is 0 Å². The van der Waals surface area contributed by atoms with Gasteiger partial charge in [0.2, 0.25) is 0 Å². The van der Waals surface area contributed by atoms with Crippen molar-refractivity contribution in [3.05, 3.63) is 42.2 Å². The van der Waals surface area contributed by atoms with E-state index in [4.69, 9.17) is 19.8 Å². The summed E-state index contributed by atoms with van der Waals surface area (Å²) in [7, 11) is -0.0987. The van der Waals surface area contributed by atoms with Crippen LogP contribution in [0.25, 0.3) is 0 Å². The van der Waals surface area contributed by atoms with E-state index in [9.17, 15) is 4.79 Å². The Morgan fingerprint density at radius 3 is 2.64 bits per heavy atom. The lowest BCUT2D eigenvalue weighted by Gasteiger charge is -2.21. The highest BCUT2D eigenvalue weighted by Gasteiger charge is 2.24. The van der Waals surface area contributed by atoms with Gasteiger partial charge in [0.25, 0.3) is 0 Å². The predicted octanol–water partition coefficient (Wildman–Crippen LogP) is 3.54. The highest BCUT2D eigenvalue weighted by atomic mass is 31.1. The number of hydrogen-bond acceptors (Lipinski definition) is 11. The Balaban J connectivity index is 0.000000259. The first-order valence-electron chi connectivity index (χ1n) is 11.9. The zero-order chi connectivity index (χ0) is 26.5. The van der Waals surface area contributed by atoms with Crippen molar-refractivity contribution in [2.45, 2.75) is 59.8 Å². The zero-order valence-electron chi connectivity index (χ0n) is 21.8. The molecule has 0 saturated heterocycles. The van der Waals surface area contributed by atoms with Crippen molar-refractivity contribution >= 4 is 38.0 Å². The van der Waals surface area contributed by atoms with Gasteiger partial charge < -0.3 is 30.0 Å². The first kappa shape index (κ1) is 29.2. The molecule has 2 heterocycles. The van der Waals surface area contributed by atoms with Crippen LogP contribution in [-0.4, -0.2) is 59.7 Å². The van der Waals surface area contributed by atoms with E-state index in [1.54, 1.807) is 6.92 Å². The number of carbonyl (C=O) groups is 1. The number of carbonyl (C=O) groups excluding carboxylic acids is 1. The number of rotatable bonds is 11. The highest BCUT2D eigenvalue weighted by Crippen LogP contribution is 2.32. The van der Waals surface area contributed by atoms with Gasteiger partial charge in [0, 0.05) is 13.2 Å². The van der Waals surface area contributed by atoms with Crippen LogP contribution < -0.4 is 21.0 Å². The molecular weight excluding hydrogens is 481 g/mol. The van der Waals surface area contributed by atoms with E-state index in [1.165, 1.54) is 6.33 Å². The third-order valence-electron chi connectivity index (χ3n) is 4.93. The lowest BCUT2D eigenvalue weighted by Crippen LogP contribution is -2.32. The van der Waals surface area contributed by atoms with Gasteiger partial charge in [-0.3, -0.25) is 9.88 Å². The Kier molecular flexibility index (Phi) is 12.3. The average Bonchev–Trinajstić information content (AvgIpc) is 3.26. The molecule has 0 amide bonds. The van der Waals surface area contributed by atoms with Gasteiger partial charge in [0.1, 0.15) is 18.1 Å². The molecule has 2 aromatic rings. The number of oxime groups is 1. The summed E-state index contributed by atoms with van der Waals surface area (Å²) in [5.41, 5.74) is 8.37. The van der Waals surface area contributed by atoms with E-state index < -0.39 is 6.04 Å². The van der Waals surface area contributed by atoms with Crippen LogP contribution in [0.5, 0.6) is 0 Å². The Hall–Kier alpha value is -3.01. The van der Waals surface area contributed by atoms with Crippen LogP contribution in [0.3, 0.4) is 0 Å². The normalized spacial score (nSPS) is 14.6. The van der Waals surface area contributed by atoms with E-state index in [1.807, 2.05) is 65.0 Å². The third-order valence-corrected chi connectivity index (χ3v) is 5.67. The largest absolute Gasteiger partial charge is 0.462 e. The standard InChI is InChI=1S/C14H21N2O3P.C10H17N5O/c1-10(2)18-14(17)12(4)16-20-19-15-11(3)13-8-6-5-7-9-13;1-3-16-7(2)4-15-6-14-8-9(11)12-5-13-10(8)15/h5-10,12,16,20H,1-4H3;5,7,14H,3-4,6H2,1-2H3,(H2,11,12,13)/b15-11+;/t12-;7-/m01/s1. The fraction of sp³-hybridized carbons (Fsp3) is 0.500. The topological polar surface area (TPSA) is 136 Å². The van der Waals surface area contributed by atoms with Crippen LogP contribution in [-0.2, 0) is 18.9 Å². The molecule has 12 heteroatoms. The molecule has 3 rings (SSSR count). The van der Waals surface area contributed by atoms with Crippen LogP contribution >= 0.6 is 8.96 Å². The molecule has 0 fully saturated rings. The van der Waals surface area contributed by atoms with Gasteiger partial charge in [-0.15, -0.1) is 0 Å². The van der Waals surface area contributed by atoms with Crippen LogP contribution in [0.4, 0.5) is 17.3 Å². The van der Waals surface area contributed by atoms with Crippen molar-refractivity contribution in [2.24, 2.45) is 5.16 Å². The second-order valence-corrected chi connectivity index (χ2v) is 9.04. The number of nitrogens with two attached hydrogens (primary N) is 1. The number of nitrogen functional groups attached to an aromatic ring is 1. The number of nitrogens with zero attached hydrogens (tertiary/aromatic N) is 4. The fourth-order valence-electron chi connectivity index (χ4n) is 3.18. The smallest absolute Gasteiger partial charge is 0.323 e. The van der Waals surface area contributed by atoms with E-state index in [0.29, 0.717) is 12.5 Å². The summed E-state index contributed by atoms with van der Waals surface area (Å²) in [5, 5.41) is 10.1. The van der Waals surface area contributed by atoms with Crippen LogP contribution in [0.1, 0.15) is 47.1 Å². The van der Waals surface area contributed by atoms with Crippen molar-refractivity contribution in [3.63, 3.8) is 0 Å². The minimum Gasteiger partial charge on any atom is -0.462 e. The van der Waals surface area contributed by atoms with Gasteiger partial charge in [-0.05, 0) is 47.1 Å². The zero-order valence-corrected chi connectivity index (χ0v) is 22.8. The molecule has 1 aliphatic rings. The van der Waals surface area contributed by atoms with Crippen LogP contribution in [0, 0.1) is 0 Å². The van der Waals surface area contributed by atoms with Crippen LogP contribution in [0.15, 0.2) is 41.8 Å². The van der Waals surface area contributed by atoms with Crippen molar-refractivity contribution < 1.29 is 18.9 Å². The molecule has 1 aliphatic heterocycles. The summed E-state index contributed by atoms with van der Waals surface area (Å²) < 4.78 is 15.7. The molecule has 1 aromatic carbocycles. The average molecular weight is 520 g/mol. The van der Waals surface area contributed by atoms with Crippen molar-refractivity contribution in [1.29, 1.82) is 0 Å². The molecule has 1 aromatic heterocycles. The SMILES string of the molecule is C/C(=N\OPN[C@@H](C)C(=O)OC(C)C)c1ccccc1.CCO[C@H](C)CN1CNc2c(N)ncnc21. The van der Waals surface area contributed by atoms with Gasteiger partial charge in [0.15, 0.2) is 20.6 Å². The van der Waals surface area contributed by atoms with Gasteiger partial charge in [0.05, 0.1) is 24.6 Å². The van der Waals surface area contributed by atoms with E-state index in [0.717, 1.165) is 35.9 Å². The molecule has 4 N–H and O–H groups in total. The maximum absolute atomic E-state index is 11.5. The first-order valence-corrected chi connectivity index (χ1v) is 12.8. The van der Waals surface area contributed by atoms with E-state index in [2.05, 4.69) is 30.4 Å². The number of nitrogens with one attached hydrogen (secondary N) is 2. The Morgan fingerprint density at radius 1 is 1.25 bits per heavy atom. The fourth-order valence-corrected chi connectivity index (χ4v) is 3.71. The quantitative estimate of drug-likeness (QED) is 0.133. The molecule has 0 aliphatic carbocycles. The summed E-state index contributed by atoms with van der Waals surface area (Å²) in [6.45, 7) is 13.5. The predicted molar refractivity (Wildman–Crippen MR) is 145 cm³/mol. The van der Waals surface area contributed by atoms with Gasteiger partial charge in [-0.25, -0.2) is 9.97 Å². The maximum atomic E-state index is 11.5. The summed E-state index contributed by atoms with van der Waals surface area (Å²) in [4.78, 5) is 21.8. The molecule has 0 saturated carbocycles. The van der Waals surface area contributed by atoms with Crippen molar-refractivity contribution in [3.8, 4) is 0 Å². The molecule has 0 spiro atoms. The molecule has 0 bridgehead atoms. The molecule has 1 unspecified atom stereocenters. The Labute approximate surface area is 215 Å². The number of benzene rings is 1. The minimum absolute atomic E-state index is 0.0987. The van der Waals surface area contributed by atoms with Gasteiger partial charge in [-0.1, -0.05) is 35.5 Å². The molecule has 3 atom stereocenters. The number of hydrogen-bond donors (Lipinski definition) is 3. The Morgan fingerprint density at radius 2 is 1.97 bits per heavy atom. The number of anilines is 3. The first-order chi connectivity index (χ1) is 17.2. The van der Waals surface area contributed by atoms with Gasteiger partial charge in [-0.2, -0.15) is 0 Å². The Bertz CT molecular complexity index is 978. The second kappa shape index (κ2) is 15.2. The molecule has 198 valence electrons. The van der Waals surface area contributed by atoms with Crippen LogP contribution in [0.2, 0.25) is 0 Å².